The normalized spacial score (nSPS) is 17.9. The van der Waals surface area contributed by atoms with Crippen LogP contribution in [0.15, 0.2) is 65.8 Å². The molecule has 2 aromatic heterocycles. The van der Waals surface area contributed by atoms with Crippen molar-refractivity contribution in [3.63, 3.8) is 0 Å². The number of nitrogens with one attached hydrogen (secondary N) is 2. The van der Waals surface area contributed by atoms with Crippen molar-refractivity contribution >= 4 is 35.1 Å². The average molecular weight is 623 g/mol. The van der Waals surface area contributed by atoms with E-state index >= 15 is 0 Å². The lowest BCUT2D eigenvalue weighted by Crippen LogP contribution is -2.50. The fourth-order valence-corrected chi connectivity index (χ4v) is 6.53. The second-order valence-electron chi connectivity index (χ2n) is 13.2. The zero-order valence-electron chi connectivity index (χ0n) is 26.7. The summed E-state index contributed by atoms with van der Waals surface area (Å²) in [5.74, 6) is 0.419. The highest BCUT2D eigenvalue weighted by atomic mass is 16.6. The molecular formula is C35H42N8O3. The number of aliphatic imine (C=N–C) groups is 1. The Morgan fingerprint density at radius 3 is 2.57 bits per heavy atom. The van der Waals surface area contributed by atoms with Crippen LogP contribution in [0.2, 0.25) is 0 Å². The van der Waals surface area contributed by atoms with Gasteiger partial charge in [-0.05, 0) is 69.7 Å². The number of rotatable bonds is 7. The second kappa shape index (κ2) is 12.8. The summed E-state index contributed by atoms with van der Waals surface area (Å²) >= 11 is 0. The highest BCUT2D eigenvalue weighted by Gasteiger charge is 2.39. The zero-order chi connectivity index (χ0) is 32.4. The molecule has 11 heteroatoms. The molecule has 0 saturated carbocycles. The van der Waals surface area contributed by atoms with Crippen LogP contribution in [0.25, 0.3) is 22.0 Å². The van der Waals surface area contributed by atoms with Gasteiger partial charge in [-0.3, -0.25) is 19.8 Å². The molecule has 0 bridgehead atoms. The van der Waals surface area contributed by atoms with Gasteiger partial charge in [0.15, 0.2) is 0 Å². The highest BCUT2D eigenvalue weighted by Crippen LogP contribution is 2.35. The van der Waals surface area contributed by atoms with E-state index in [4.69, 9.17) is 21.0 Å². The van der Waals surface area contributed by atoms with Crippen LogP contribution in [0.3, 0.4) is 0 Å². The molecule has 0 spiro atoms. The number of nitrogens with zero attached hydrogens (tertiary/aromatic N) is 5. The summed E-state index contributed by atoms with van der Waals surface area (Å²) in [6.45, 7) is 7.93. The van der Waals surface area contributed by atoms with Gasteiger partial charge in [-0.2, -0.15) is 5.10 Å². The molecule has 4 aromatic rings. The van der Waals surface area contributed by atoms with Gasteiger partial charge in [0, 0.05) is 48.4 Å². The Morgan fingerprint density at radius 2 is 1.85 bits per heavy atom. The van der Waals surface area contributed by atoms with E-state index in [2.05, 4.69) is 46.4 Å². The third-order valence-corrected chi connectivity index (χ3v) is 8.76. The van der Waals surface area contributed by atoms with Crippen molar-refractivity contribution in [2.75, 3.05) is 19.6 Å². The van der Waals surface area contributed by atoms with E-state index in [0.717, 1.165) is 53.3 Å². The number of ether oxygens (including phenoxy) is 1. The van der Waals surface area contributed by atoms with E-state index in [1.165, 1.54) is 5.56 Å². The van der Waals surface area contributed by atoms with Crippen LogP contribution in [0.5, 0.6) is 0 Å². The van der Waals surface area contributed by atoms with Gasteiger partial charge in [-0.1, -0.05) is 42.5 Å². The van der Waals surface area contributed by atoms with E-state index in [-0.39, 0.29) is 17.7 Å². The molecule has 2 saturated heterocycles. The van der Waals surface area contributed by atoms with Crippen LogP contribution in [-0.2, 0) is 16.1 Å². The third kappa shape index (κ3) is 6.68. The van der Waals surface area contributed by atoms with Crippen molar-refractivity contribution in [2.24, 2.45) is 10.7 Å². The van der Waals surface area contributed by atoms with Crippen LogP contribution < -0.4 is 5.73 Å². The van der Waals surface area contributed by atoms with Gasteiger partial charge in [-0.15, -0.1) is 0 Å². The maximum Gasteiger partial charge on any atom is 0.410 e. The Labute approximate surface area is 268 Å². The smallest absolute Gasteiger partial charge is 0.410 e. The topological polar surface area (TPSA) is 146 Å². The van der Waals surface area contributed by atoms with Gasteiger partial charge in [0.25, 0.3) is 0 Å². The first-order valence-corrected chi connectivity index (χ1v) is 15.9. The second-order valence-corrected chi connectivity index (χ2v) is 13.2. The molecule has 0 unspecified atom stereocenters. The number of hydrogen-bond donors (Lipinski definition) is 3. The number of aromatic nitrogens is 3. The standard InChI is InChI=1S/C35H42N8O3/c1-35(2,3)46-34(45)43-15-7-10-30(43)33(44)41-16-13-24(14-17-41)28-19-27(31(39-28)32(37)38-22-36)25-11-12-26-21-42(40-29(26)18-25)20-23-8-5-4-6-9-23/h4-6,8-9,11-12,18-19,21-22,24,30,39H,7,10,13-17,20H2,1-3H3,(H3,36,37,38)/t30-/m0/s1. The Bertz CT molecular complexity index is 1760. The van der Waals surface area contributed by atoms with Crippen LogP contribution in [0, 0.1) is 5.41 Å². The molecule has 4 heterocycles. The lowest BCUT2D eigenvalue weighted by molar-refractivity contribution is -0.137. The summed E-state index contributed by atoms with van der Waals surface area (Å²) in [5, 5.41) is 13.4. The number of carbonyl (C=O) groups is 2. The number of nitrogens with two attached hydrogens (primary N) is 1. The quantitative estimate of drug-likeness (QED) is 0.184. The number of carbonyl (C=O) groups excluding carboxylic acids is 2. The van der Waals surface area contributed by atoms with Gasteiger partial charge in [0.1, 0.15) is 23.8 Å². The van der Waals surface area contributed by atoms with Crippen LogP contribution >= 0.6 is 0 Å². The maximum atomic E-state index is 13.5. The minimum atomic E-state index is -0.609. The number of amidine groups is 1. The molecule has 2 amide bonds. The molecular weight excluding hydrogens is 580 g/mol. The predicted molar refractivity (Wildman–Crippen MR) is 179 cm³/mol. The number of hydrogen-bond acceptors (Lipinski definition) is 5. The van der Waals surface area contributed by atoms with E-state index < -0.39 is 17.7 Å². The fraction of sp³-hybridized carbons (Fsp3) is 0.400. The zero-order valence-corrected chi connectivity index (χ0v) is 26.7. The molecule has 1 atom stereocenters. The Balaban J connectivity index is 1.19. The van der Waals surface area contributed by atoms with Crippen molar-refractivity contribution in [1.29, 1.82) is 5.41 Å². The molecule has 2 aromatic carbocycles. The number of H-pyrrole nitrogens is 1. The summed E-state index contributed by atoms with van der Waals surface area (Å²) in [6.07, 6.45) is 5.56. The number of amides is 2. The van der Waals surface area contributed by atoms with Gasteiger partial charge in [-0.25, -0.2) is 9.79 Å². The van der Waals surface area contributed by atoms with Crippen LogP contribution in [0.1, 0.15) is 69.3 Å². The first-order valence-electron chi connectivity index (χ1n) is 15.9. The van der Waals surface area contributed by atoms with Crippen LogP contribution in [0.4, 0.5) is 4.79 Å². The molecule has 46 heavy (non-hydrogen) atoms. The first-order chi connectivity index (χ1) is 22.1. The molecule has 0 radical (unpaired) electrons. The molecule has 0 aliphatic carbocycles. The first kappa shape index (κ1) is 31.1. The van der Waals surface area contributed by atoms with Gasteiger partial charge >= 0.3 is 6.09 Å². The number of aromatic amines is 1. The SMILES string of the molecule is CC(C)(C)OC(=O)N1CCC[C@H]1C(=O)N1CCC(c2cc(-c3ccc4cn(Cc5ccccc5)nc4c3)c(C(N)=NC=N)[nH]2)CC1. The van der Waals surface area contributed by atoms with Crippen molar-refractivity contribution < 1.29 is 14.3 Å². The van der Waals surface area contributed by atoms with Gasteiger partial charge in [0.05, 0.1) is 17.8 Å². The minimum Gasteiger partial charge on any atom is -0.444 e. The molecule has 6 rings (SSSR count). The third-order valence-electron chi connectivity index (χ3n) is 8.76. The molecule has 2 aliphatic rings. The predicted octanol–water partition coefficient (Wildman–Crippen LogP) is 5.50. The number of fused-ring (bicyclic) bond motifs is 1. The Morgan fingerprint density at radius 1 is 1.09 bits per heavy atom. The molecule has 4 N–H and O–H groups in total. The van der Waals surface area contributed by atoms with E-state index in [1.807, 2.05) is 54.7 Å². The highest BCUT2D eigenvalue weighted by molar-refractivity contribution is 6.05. The largest absolute Gasteiger partial charge is 0.444 e. The number of benzene rings is 2. The number of piperidine rings is 1. The summed E-state index contributed by atoms with van der Waals surface area (Å²) in [5.41, 5.74) is 11.3. The summed E-state index contributed by atoms with van der Waals surface area (Å²) < 4.78 is 7.52. The van der Waals surface area contributed by atoms with Gasteiger partial charge in [0.2, 0.25) is 5.91 Å². The fourth-order valence-electron chi connectivity index (χ4n) is 6.53. The molecule has 2 fully saturated rings. The van der Waals surface area contributed by atoms with Crippen molar-refractivity contribution in [3.8, 4) is 11.1 Å². The number of likely N-dealkylation sites (tertiary alicyclic amines) is 2. The average Bonchev–Trinajstić information content (AvgIpc) is 3.79. The molecule has 2 aliphatic heterocycles. The van der Waals surface area contributed by atoms with Crippen molar-refractivity contribution in [1.82, 2.24) is 24.6 Å². The minimum absolute atomic E-state index is 0.00274. The van der Waals surface area contributed by atoms with E-state index in [9.17, 15) is 9.59 Å². The molecule has 240 valence electrons. The lowest BCUT2D eigenvalue weighted by Gasteiger charge is -2.35. The summed E-state index contributed by atoms with van der Waals surface area (Å²) in [7, 11) is 0. The van der Waals surface area contributed by atoms with E-state index in [1.54, 1.807) is 4.90 Å². The monoisotopic (exact) mass is 622 g/mol. The van der Waals surface area contributed by atoms with Gasteiger partial charge < -0.3 is 20.4 Å². The summed E-state index contributed by atoms with van der Waals surface area (Å²) in [6, 6.07) is 18.1. The molecule has 11 nitrogen and oxygen atoms in total. The van der Waals surface area contributed by atoms with Crippen molar-refractivity contribution in [2.45, 2.75) is 70.6 Å². The Kier molecular flexibility index (Phi) is 8.66. The van der Waals surface area contributed by atoms with Crippen LogP contribution in [-0.4, -0.2) is 80.0 Å². The summed E-state index contributed by atoms with van der Waals surface area (Å²) in [4.78, 5) is 37.4. The lowest BCUT2D eigenvalue weighted by atomic mass is 9.92. The van der Waals surface area contributed by atoms with E-state index in [0.29, 0.717) is 38.3 Å². The Hall–Kier alpha value is -4.93. The maximum absolute atomic E-state index is 13.5. The van der Waals surface area contributed by atoms with Crippen molar-refractivity contribution in [3.05, 3.63) is 77.7 Å².